The molecule has 19 heavy (non-hydrogen) atoms. The van der Waals surface area contributed by atoms with Crippen molar-refractivity contribution >= 4 is 17.5 Å². The lowest BCUT2D eigenvalue weighted by molar-refractivity contribution is 0.0487. The average Bonchev–Trinajstić information content (AvgIpc) is 2.72. The first-order valence-corrected chi connectivity index (χ1v) is 5.97. The summed E-state index contributed by atoms with van der Waals surface area (Å²) in [6.07, 6.45) is 0. The predicted molar refractivity (Wildman–Crippen MR) is 66.4 cm³/mol. The minimum atomic E-state index is -0.662. The van der Waals surface area contributed by atoms with Gasteiger partial charge in [0.15, 0.2) is 11.5 Å². The van der Waals surface area contributed by atoms with E-state index in [0.29, 0.717) is 16.7 Å². The predicted octanol–water partition coefficient (Wildman–Crippen LogP) is 2.48. The smallest absolute Gasteiger partial charge is 0.374 e. The van der Waals surface area contributed by atoms with E-state index < -0.39 is 5.97 Å². The van der Waals surface area contributed by atoms with Crippen molar-refractivity contribution in [2.75, 3.05) is 6.61 Å². The molecule has 100 valence electrons. The van der Waals surface area contributed by atoms with Crippen LogP contribution in [0.5, 0.6) is 0 Å². The van der Waals surface area contributed by atoms with E-state index in [1.54, 1.807) is 27.7 Å². The van der Waals surface area contributed by atoms with Gasteiger partial charge in [0.05, 0.1) is 12.2 Å². The third-order valence-corrected chi connectivity index (χ3v) is 3.28. The summed E-state index contributed by atoms with van der Waals surface area (Å²) in [6.45, 7) is 6.60. The Hall–Kier alpha value is -2.17. The number of esters is 1. The zero-order valence-corrected chi connectivity index (χ0v) is 11.2. The number of Topliss-reactive ketones (excluding diaryl/α,β-unsaturated/α-hetero) is 2. The van der Waals surface area contributed by atoms with E-state index in [2.05, 4.69) is 0 Å². The third kappa shape index (κ3) is 1.82. The van der Waals surface area contributed by atoms with Crippen molar-refractivity contribution in [1.29, 1.82) is 0 Å². The van der Waals surface area contributed by atoms with Crippen LogP contribution in [0.2, 0.25) is 0 Å². The molecule has 0 spiro atoms. The number of carbonyl (C=O) groups is 3. The summed E-state index contributed by atoms with van der Waals surface area (Å²) in [7, 11) is 0. The van der Waals surface area contributed by atoms with Crippen molar-refractivity contribution < 1.29 is 23.5 Å². The molecule has 0 saturated carbocycles. The van der Waals surface area contributed by atoms with Gasteiger partial charge in [0.25, 0.3) is 0 Å². The quantitative estimate of drug-likeness (QED) is 0.765. The highest BCUT2D eigenvalue weighted by Gasteiger charge is 2.36. The first-order chi connectivity index (χ1) is 8.90. The van der Waals surface area contributed by atoms with E-state index >= 15 is 0 Å². The zero-order valence-electron chi connectivity index (χ0n) is 11.2. The first kappa shape index (κ1) is 13.3. The van der Waals surface area contributed by atoms with Crippen LogP contribution in [0.1, 0.15) is 57.8 Å². The molecule has 1 aromatic rings. The molecule has 1 heterocycles. The van der Waals surface area contributed by atoms with Crippen molar-refractivity contribution in [2.45, 2.75) is 27.7 Å². The number of hydrogen-bond acceptors (Lipinski definition) is 5. The number of allylic oxidation sites excluding steroid dienone is 2. The lowest BCUT2D eigenvalue weighted by Gasteiger charge is -2.11. The van der Waals surface area contributed by atoms with Crippen LogP contribution < -0.4 is 0 Å². The van der Waals surface area contributed by atoms with Crippen LogP contribution >= 0.6 is 0 Å². The maximum Gasteiger partial charge on any atom is 0.374 e. The van der Waals surface area contributed by atoms with Gasteiger partial charge in [-0.25, -0.2) is 4.79 Å². The molecule has 1 aliphatic rings. The summed E-state index contributed by atoms with van der Waals surface area (Å²) in [5.41, 5.74) is 1.27. The van der Waals surface area contributed by atoms with Crippen molar-refractivity contribution in [1.82, 2.24) is 0 Å². The Balaban J connectivity index is 2.61. The molecule has 1 aromatic heterocycles. The van der Waals surface area contributed by atoms with E-state index in [1.807, 2.05) is 0 Å². The van der Waals surface area contributed by atoms with Gasteiger partial charge in [-0.2, -0.15) is 0 Å². The third-order valence-electron chi connectivity index (χ3n) is 3.28. The summed E-state index contributed by atoms with van der Waals surface area (Å²) in [4.78, 5) is 35.9. The largest absolute Gasteiger partial charge is 0.460 e. The molecular formula is C14H14O5. The van der Waals surface area contributed by atoms with E-state index in [0.717, 1.165) is 0 Å². The number of carbonyl (C=O) groups excluding carboxylic acids is 3. The number of hydrogen-bond donors (Lipinski definition) is 0. The number of rotatable bonds is 2. The molecule has 2 rings (SSSR count). The highest BCUT2D eigenvalue weighted by atomic mass is 16.5. The molecule has 5 heteroatoms. The molecule has 0 unspecified atom stereocenters. The maximum absolute atomic E-state index is 12.2. The van der Waals surface area contributed by atoms with Gasteiger partial charge in [-0.05, 0) is 27.7 Å². The van der Waals surface area contributed by atoms with Crippen molar-refractivity contribution in [3.63, 3.8) is 0 Å². The minimum absolute atomic E-state index is 0.0614. The molecule has 0 saturated heterocycles. The molecule has 0 fully saturated rings. The molecule has 0 N–H and O–H groups in total. The molecule has 0 aliphatic heterocycles. The summed E-state index contributed by atoms with van der Waals surface area (Å²) in [6, 6.07) is 0. The second-order valence-electron chi connectivity index (χ2n) is 4.39. The fourth-order valence-electron chi connectivity index (χ4n) is 2.04. The van der Waals surface area contributed by atoms with Gasteiger partial charge in [0.1, 0.15) is 0 Å². The standard InChI is InChI=1S/C14H14O5/c1-5-18-14(17)12-8(4)9-10(15)6(2)7(3)11(16)13(9)19-12/h5H2,1-4H3. The van der Waals surface area contributed by atoms with E-state index in [-0.39, 0.29) is 35.3 Å². The van der Waals surface area contributed by atoms with Crippen molar-refractivity contribution in [3.05, 3.63) is 33.8 Å². The first-order valence-electron chi connectivity index (χ1n) is 5.97. The SMILES string of the molecule is CCOC(=O)c1oc2c(c1C)C(=O)C(C)=C(C)C2=O. The van der Waals surface area contributed by atoms with Crippen molar-refractivity contribution in [3.8, 4) is 0 Å². The molecule has 0 amide bonds. The van der Waals surface area contributed by atoms with Crippen LogP contribution in [0, 0.1) is 6.92 Å². The molecule has 0 atom stereocenters. The second kappa shape index (κ2) is 4.50. The van der Waals surface area contributed by atoms with Gasteiger partial charge in [-0.15, -0.1) is 0 Å². The molecular weight excluding hydrogens is 248 g/mol. The van der Waals surface area contributed by atoms with Crippen LogP contribution in [-0.2, 0) is 4.74 Å². The lowest BCUT2D eigenvalue weighted by atomic mass is 9.88. The van der Waals surface area contributed by atoms with Crippen LogP contribution in [0.15, 0.2) is 15.6 Å². The number of ether oxygens (including phenoxy) is 1. The Morgan fingerprint density at radius 3 is 2.26 bits per heavy atom. The highest BCUT2D eigenvalue weighted by molar-refractivity contribution is 6.26. The lowest BCUT2D eigenvalue weighted by Crippen LogP contribution is -2.18. The molecule has 5 nitrogen and oxygen atoms in total. The number of fused-ring (bicyclic) bond motifs is 1. The maximum atomic E-state index is 12.2. The van der Waals surface area contributed by atoms with Gasteiger partial charge in [-0.1, -0.05) is 0 Å². The number of ketones is 2. The monoisotopic (exact) mass is 262 g/mol. The summed E-state index contributed by atoms with van der Waals surface area (Å²) >= 11 is 0. The van der Waals surface area contributed by atoms with Crippen LogP contribution in [0.4, 0.5) is 0 Å². The summed E-state index contributed by atoms with van der Waals surface area (Å²) in [5, 5.41) is 0. The van der Waals surface area contributed by atoms with Gasteiger partial charge < -0.3 is 9.15 Å². The highest BCUT2D eigenvalue weighted by Crippen LogP contribution is 2.32. The molecule has 1 aliphatic carbocycles. The fourth-order valence-corrected chi connectivity index (χ4v) is 2.04. The topological polar surface area (TPSA) is 73.6 Å². The van der Waals surface area contributed by atoms with Crippen LogP contribution in [0.3, 0.4) is 0 Å². The van der Waals surface area contributed by atoms with Gasteiger partial charge in [0.2, 0.25) is 11.5 Å². The summed E-state index contributed by atoms with van der Waals surface area (Å²) < 4.78 is 10.1. The van der Waals surface area contributed by atoms with Crippen LogP contribution in [-0.4, -0.2) is 24.1 Å². The Labute approximate surface area is 110 Å². The van der Waals surface area contributed by atoms with E-state index in [1.165, 1.54) is 0 Å². The fraction of sp³-hybridized carbons (Fsp3) is 0.357. The Kier molecular flexibility index (Phi) is 3.14. The van der Waals surface area contributed by atoms with E-state index in [4.69, 9.17) is 9.15 Å². The minimum Gasteiger partial charge on any atom is -0.460 e. The molecule has 0 aromatic carbocycles. The second-order valence-corrected chi connectivity index (χ2v) is 4.39. The Bertz CT molecular complexity index is 631. The van der Waals surface area contributed by atoms with Gasteiger partial charge in [0, 0.05) is 16.7 Å². The van der Waals surface area contributed by atoms with Gasteiger partial charge >= 0.3 is 5.97 Å². The number of furan rings is 1. The molecule has 0 bridgehead atoms. The summed E-state index contributed by atoms with van der Waals surface area (Å²) in [5.74, 6) is -1.43. The van der Waals surface area contributed by atoms with E-state index in [9.17, 15) is 14.4 Å². The average molecular weight is 262 g/mol. The normalized spacial score (nSPS) is 14.7. The van der Waals surface area contributed by atoms with Gasteiger partial charge in [-0.3, -0.25) is 9.59 Å². The zero-order chi connectivity index (χ0) is 14.3. The van der Waals surface area contributed by atoms with Crippen molar-refractivity contribution in [2.24, 2.45) is 0 Å². The Morgan fingerprint density at radius 2 is 1.68 bits per heavy atom. The molecule has 0 radical (unpaired) electrons. The Morgan fingerprint density at radius 1 is 1.11 bits per heavy atom. The van der Waals surface area contributed by atoms with Crippen LogP contribution in [0.25, 0.3) is 0 Å².